The molecule has 0 unspecified atom stereocenters. The molecule has 0 atom stereocenters. The van der Waals surface area contributed by atoms with Gasteiger partial charge in [-0.15, -0.1) is 0 Å². The molecule has 0 amide bonds. The Morgan fingerprint density at radius 3 is 2.47 bits per heavy atom. The largest absolute Gasteiger partial charge is 0.494 e. The van der Waals surface area contributed by atoms with Crippen LogP contribution < -0.4 is 14.8 Å². The van der Waals surface area contributed by atoms with Crippen LogP contribution in [0.4, 0.5) is 0 Å². The van der Waals surface area contributed by atoms with Crippen molar-refractivity contribution >= 4 is 10.0 Å². The predicted octanol–water partition coefficient (Wildman–Crippen LogP) is 1.12. The van der Waals surface area contributed by atoms with Gasteiger partial charge in [0, 0.05) is 6.04 Å². The van der Waals surface area contributed by atoms with Crippen molar-refractivity contribution in [3.05, 3.63) is 24.3 Å². The van der Waals surface area contributed by atoms with E-state index in [2.05, 4.69) is 10.0 Å². The van der Waals surface area contributed by atoms with Gasteiger partial charge < -0.3 is 10.1 Å². The van der Waals surface area contributed by atoms with Crippen LogP contribution in [0.3, 0.4) is 0 Å². The lowest BCUT2D eigenvalue weighted by molar-refractivity contribution is 0.340. The highest BCUT2D eigenvalue weighted by molar-refractivity contribution is 7.89. The molecule has 1 fully saturated rings. The molecule has 1 heterocycles. The van der Waals surface area contributed by atoms with Crippen molar-refractivity contribution in [1.82, 2.24) is 10.0 Å². The highest BCUT2D eigenvalue weighted by Gasteiger charge is 2.21. The summed E-state index contributed by atoms with van der Waals surface area (Å²) in [7, 11) is -3.42. The maximum Gasteiger partial charge on any atom is 0.240 e. The molecular formula is C13H20N2O3S. The van der Waals surface area contributed by atoms with Crippen LogP contribution in [0, 0.1) is 0 Å². The van der Waals surface area contributed by atoms with Crippen LogP contribution in [0.2, 0.25) is 0 Å². The van der Waals surface area contributed by atoms with E-state index < -0.39 is 10.0 Å². The molecule has 0 aliphatic carbocycles. The highest BCUT2D eigenvalue weighted by atomic mass is 32.2. The number of rotatable bonds is 5. The molecule has 2 N–H and O–H groups in total. The molecule has 0 aromatic heterocycles. The first-order chi connectivity index (χ1) is 9.12. The van der Waals surface area contributed by atoms with Gasteiger partial charge in [0.2, 0.25) is 10.0 Å². The second-order valence-corrected chi connectivity index (χ2v) is 6.26. The Hall–Kier alpha value is -1.11. The van der Waals surface area contributed by atoms with E-state index >= 15 is 0 Å². The molecule has 5 nitrogen and oxygen atoms in total. The number of sulfonamides is 1. The van der Waals surface area contributed by atoms with Gasteiger partial charge in [0.15, 0.2) is 0 Å². The molecule has 1 aliphatic rings. The quantitative estimate of drug-likeness (QED) is 0.850. The van der Waals surface area contributed by atoms with Crippen molar-refractivity contribution in [2.75, 3.05) is 19.7 Å². The average Bonchev–Trinajstić information content (AvgIpc) is 2.40. The molecule has 2 rings (SSSR count). The number of piperidine rings is 1. The van der Waals surface area contributed by atoms with Gasteiger partial charge in [-0.1, -0.05) is 0 Å². The van der Waals surface area contributed by atoms with E-state index in [1.165, 1.54) is 0 Å². The van der Waals surface area contributed by atoms with Gasteiger partial charge in [0.1, 0.15) is 5.75 Å². The summed E-state index contributed by atoms with van der Waals surface area (Å²) in [6.07, 6.45) is 1.66. The van der Waals surface area contributed by atoms with Gasteiger partial charge in [0.25, 0.3) is 0 Å². The molecule has 1 aromatic rings. The lowest BCUT2D eigenvalue weighted by Crippen LogP contribution is -2.42. The third kappa shape index (κ3) is 3.92. The first kappa shape index (κ1) is 14.3. The molecule has 0 bridgehead atoms. The summed E-state index contributed by atoms with van der Waals surface area (Å²) in [5.74, 6) is 0.684. The molecular weight excluding hydrogens is 264 g/mol. The van der Waals surface area contributed by atoms with Crippen molar-refractivity contribution in [3.8, 4) is 5.75 Å². The molecule has 1 aromatic carbocycles. The number of ether oxygens (including phenoxy) is 1. The monoisotopic (exact) mass is 284 g/mol. The topological polar surface area (TPSA) is 67.4 Å². The van der Waals surface area contributed by atoms with Crippen molar-refractivity contribution in [3.63, 3.8) is 0 Å². The standard InChI is InChI=1S/C13H20N2O3S/c1-2-18-12-3-5-13(6-4-12)19(16,17)15-11-7-9-14-10-8-11/h3-6,11,14-15H,2,7-10H2,1H3. The molecule has 19 heavy (non-hydrogen) atoms. The number of nitrogens with one attached hydrogen (secondary N) is 2. The molecule has 0 saturated carbocycles. The third-order valence-electron chi connectivity index (χ3n) is 3.11. The summed E-state index contributed by atoms with van der Waals surface area (Å²) >= 11 is 0. The lowest BCUT2D eigenvalue weighted by Gasteiger charge is -2.23. The summed E-state index contributed by atoms with van der Waals surface area (Å²) < 4.78 is 32.4. The highest BCUT2D eigenvalue weighted by Crippen LogP contribution is 2.17. The minimum Gasteiger partial charge on any atom is -0.494 e. The molecule has 6 heteroatoms. The number of hydrogen-bond acceptors (Lipinski definition) is 4. The first-order valence-electron chi connectivity index (χ1n) is 6.58. The van der Waals surface area contributed by atoms with Crippen molar-refractivity contribution in [2.24, 2.45) is 0 Å². The maximum atomic E-state index is 12.2. The Balaban J connectivity index is 2.05. The van der Waals surface area contributed by atoms with E-state index in [-0.39, 0.29) is 10.9 Å². The Morgan fingerprint density at radius 2 is 1.89 bits per heavy atom. The SMILES string of the molecule is CCOc1ccc(S(=O)(=O)NC2CCNCC2)cc1. The minimum atomic E-state index is -3.42. The zero-order valence-corrected chi connectivity index (χ0v) is 11.9. The fourth-order valence-corrected chi connectivity index (χ4v) is 3.41. The van der Waals surface area contributed by atoms with Gasteiger partial charge in [-0.25, -0.2) is 13.1 Å². The zero-order chi connectivity index (χ0) is 13.7. The number of hydrogen-bond donors (Lipinski definition) is 2. The molecule has 1 saturated heterocycles. The van der Waals surface area contributed by atoms with Crippen LogP contribution in [0.1, 0.15) is 19.8 Å². The van der Waals surface area contributed by atoms with E-state index in [1.807, 2.05) is 6.92 Å². The van der Waals surface area contributed by atoms with E-state index in [0.717, 1.165) is 25.9 Å². The molecule has 1 aliphatic heterocycles. The van der Waals surface area contributed by atoms with Crippen LogP contribution >= 0.6 is 0 Å². The maximum absolute atomic E-state index is 12.2. The van der Waals surface area contributed by atoms with E-state index in [4.69, 9.17) is 4.74 Å². The van der Waals surface area contributed by atoms with Crippen molar-refractivity contribution < 1.29 is 13.2 Å². The lowest BCUT2D eigenvalue weighted by atomic mass is 10.1. The first-order valence-corrected chi connectivity index (χ1v) is 8.06. The van der Waals surface area contributed by atoms with Crippen molar-refractivity contribution in [1.29, 1.82) is 0 Å². The summed E-state index contributed by atoms with van der Waals surface area (Å²) in [6.45, 7) is 4.18. The Bertz CT molecular complexity index is 493. The molecule has 0 radical (unpaired) electrons. The smallest absolute Gasteiger partial charge is 0.240 e. The third-order valence-corrected chi connectivity index (χ3v) is 4.64. The second-order valence-electron chi connectivity index (χ2n) is 4.55. The van der Waals surface area contributed by atoms with Gasteiger partial charge >= 0.3 is 0 Å². The van der Waals surface area contributed by atoms with E-state index in [1.54, 1.807) is 24.3 Å². The Kier molecular flexibility index (Phi) is 4.79. The summed E-state index contributed by atoms with van der Waals surface area (Å²) in [4.78, 5) is 0.287. The Morgan fingerprint density at radius 1 is 1.26 bits per heavy atom. The zero-order valence-electron chi connectivity index (χ0n) is 11.1. The van der Waals surface area contributed by atoms with Gasteiger partial charge in [0.05, 0.1) is 11.5 Å². The van der Waals surface area contributed by atoms with Gasteiger partial charge in [-0.3, -0.25) is 0 Å². The molecule has 0 spiro atoms. The Labute approximate surface area is 114 Å². The van der Waals surface area contributed by atoms with Crippen LogP contribution in [-0.2, 0) is 10.0 Å². The van der Waals surface area contributed by atoms with Crippen LogP contribution in [0.25, 0.3) is 0 Å². The summed E-state index contributed by atoms with van der Waals surface area (Å²) in [5, 5.41) is 3.21. The fraction of sp³-hybridized carbons (Fsp3) is 0.538. The van der Waals surface area contributed by atoms with E-state index in [9.17, 15) is 8.42 Å². The number of benzene rings is 1. The molecule has 106 valence electrons. The summed E-state index contributed by atoms with van der Waals surface area (Å²) in [5.41, 5.74) is 0. The predicted molar refractivity (Wildman–Crippen MR) is 73.8 cm³/mol. The normalized spacial score (nSPS) is 17.3. The van der Waals surface area contributed by atoms with Gasteiger partial charge in [-0.05, 0) is 57.1 Å². The second kappa shape index (κ2) is 6.36. The fourth-order valence-electron chi connectivity index (χ4n) is 2.11. The summed E-state index contributed by atoms with van der Waals surface area (Å²) in [6, 6.07) is 6.54. The van der Waals surface area contributed by atoms with Crippen LogP contribution in [-0.4, -0.2) is 34.2 Å². The van der Waals surface area contributed by atoms with Crippen molar-refractivity contribution in [2.45, 2.75) is 30.7 Å². The van der Waals surface area contributed by atoms with E-state index in [0.29, 0.717) is 12.4 Å². The van der Waals surface area contributed by atoms with Crippen LogP contribution in [0.5, 0.6) is 5.75 Å². The van der Waals surface area contributed by atoms with Gasteiger partial charge in [-0.2, -0.15) is 0 Å². The minimum absolute atomic E-state index is 0.0258. The average molecular weight is 284 g/mol. The van der Waals surface area contributed by atoms with Crippen LogP contribution in [0.15, 0.2) is 29.2 Å².